The van der Waals surface area contributed by atoms with Crippen LogP contribution in [0.15, 0.2) is 66.0 Å². The Morgan fingerprint density at radius 2 is 2.00 bits per heavy atom. The lowest BCUT2D eigenvalue weighted by molar-refractivity contribution is 0.103. The van der Waals surface area contributed by atoms with E-state index in [0.29, 0.717) is 22.8 Å². The fourth-order valence-electron chi connectivity index (χ4n) is 3.14. The standard InChI is InChI=1S/C20H15ClN6O/c21-14-7-5-13(6-8-14)11-27-12-17(16-3-1-2-4-18(16)27)19(28)20-23-9-15(25-20)10-24-26-22/h1-9,12H,10-11H2,(H,23,25). The summed E-state index contributed by atoms with van der Waals surface area (Å²) in [4.78, 5) is 22.8. The molecule has 138 valence electrons. The Labute approximate surface area is 165 Å². The number of nitrogens with one attached hydrogen (secondary N) is 1. The van der Waals surface area contributed by atoms with Gasteiger partial charge in [0, 0.05) is 45.5 Å². The first kappa shape index (κ1) is 17.9. The molecule has 0 fully saturated rings. The van der Waals surface area contributed by atoms with Crippen LogP contribution in [0, 0.1) is 0 Å². The molecule has 4 aromatic rings. The van der Waals surface area contributed by atoms with Gasteiger partial charge in [0.15, 0.2) is 5.82 Å². The van der Waals surface area contributed by atoms with Gasteiger partial charge in [-0.3, -0.25) is 4.79 Å². The van der Waals surface area contributed by atoms with Crippen LogP contribution in [0.2, 0.25) is 5.02 Å². The van der Waals surface area contributed by atoms with Crippen molar-refractivity contribution in [2.45, 2.75) is 13.1 Å². The predicted molar refractivity (Wildman–Crippen MR) is 107 cm³/mol. The van der Waals surface area contributed by atoms with Gasteiger partial charge in [-0.25, -0.2) is 4.98 Å². The molecule has 2 aromatic heterocycles. The molecule has 0 aliphatic rings. The van der Waals surface area contributed by atoms with E-state index in [9.17, 15) is 4.79 Å². The molecule has 0 saturated carbocycles. The molecule has 2 heterocycles. The van der Waals surface area contributed by atoms with E-state index in [1.165, 1.54) is 6.20 Å². The summed E-state index contributed by atoms with van der Waals surface area (Å²) in [6.07, 6.45) is 3.35. The Balaban J connectivity index is 1.71. The van der Waals surface area contributed by atoms with E-state index in [-0.39, 0.29) is 18.2 Å². The molecule has 0 aliphatic carbocycles. The van der Waals surface area contributed by atoms with Crippen molar-refractivity contribution >= 4 is 28.3 Å². The van der Waals surface area contributed by atoms with E-state index >= 15 is 0 Å². The average molecular weight is 391 g/mol. The molecular formula is C20H15ClN6O. The Morgan fingerprint density at radius 1 is 1.21 bits per heavy atom. The number of aromatic nitrogens is 3. The lowest BCUT2D eigenvalue weighted by Gasteiger charge is -2.05. The maximum absolute atomic E-state index is 13.0. The molecule has 7 nitrogen and oxygen atoms in total. The number of azide groups is 1. The smallest absolute Gasteiger partial charge is 0.230 e. The normalized spacial score (nSPS) is 10.8. The highest BCUT2D eigenvalue weighted by molar-refractivity contribution is 6.30. The van der Waals surface area contributed by atoms with E-state index in [0.717, 1.165) is 16.5 Å². The first-order valence-corrected chi connectivity index (χ1v) is 8.95. The number of fused-ring (bicyclic) bond motifs is 1. The number of carbonyl (C=O) groups excluding carboxylic acids is 1. The Bertz CT molecular complexity index is 1200. The highest BCUT2D eigenvalue weighted by atomic mass is 35.5. The van der Waals surface area contributed by atoms with Crippen molar-refractivity contribution in [3.8, 4) is 0 Å². The highest BCUT2D eigenvalue weighted by Gasteiger charge is 2.19. The number of halogens is 1. The van der Waals surface area contributed by atoms with E-state index in [2.05, 4.69) is 20.0 Å². The molecule has 0 radical (unpaired) electrons. The molecule has 1 N–H and O–H groups in total. The SMILES string of the molecule is [N-]=[N+]=NCc1cnc(C(=O)c2cn(Cc3ccc(Cl)cc3)c3ccccc23)[nH]1. The summed E-state index contributed by atoms with van der Waals surface area (Å²) in [5, 5.41) is 5.02. The minimum Gasteiger partial charge on any atom is -0.342 e. The third-order valence-corrected chi connectivity index (χ3v) is 4.70. The van der Waals surface area contributed by atoms with Gasteiger partial charge < -0.3 is 9.55 Å². The molecule has 0 spiro atoms. The highest BCUT2D eigenvalue weighted by Crippen LogP contribution is 2.24. The number of imidazole rings is 1. The Hall–Kier alpha value is -3.54. The maximum atomic E-state index is 13.0. The summed E-state index contributed by atoms with van der Waals surface area (Å²) in [6, 6.07) is 15.4. The topological polar surface area (TPSA) is 99.4 Å². The van der Waals surface area contributed by atoms with Crippen molar-refractivity contribution in [2.24, 2.45) is 5.11 Å². The summed E-state index contributed by atoms with van der Waals surface area (Å²) in [5.74, 6) is 0.00998. The van der Waals surface area contributed by atoms with Crippen LogP contribution in [0.3, 0.4) is 0 Å². The third kappa shape index (κ3) is 3.49. The molecule has 0 atom stereocenters. The summed E-state index contributed by atoms with van der Waals surface area (Å²) < 4.78 is 2.04. The van der Waals surface area contributed by atoms with Crippen molar-refractivity contribution in [3.05, 3.63) is 99.0 Å². The molecule has 0 unspecified atom stereocenters. The van der Waals surface area contributed by atoms with Crippen molar-refractivity contribution in [1.82, 2.24) is 14.5 Å². The molecule has 0 aliphatic heterocycles. The zero-order valence-electron chi connectivity index (χ0n) is 14.7. The van der Waals surface area contributed by atoms with Crippen LogP contribution < -0.4 is 0 Å². The van der Waals surface area contributed by atoms with Crippen LogP contribution in [-0.4, -0.2) is 20.3 Å². The van der Waals surface area contributed by atoms with E-state index < -0.39 is 0 Å². The number of hydrogen-bond donors (Lipinski definition) is 1. The Kier molecular flexibility index (Phi) is 4.85. The number of aromatic amines is 1. The molecule has 4 rings (SSSR count). The monoisotopic (exact) mass is 390 g/mol. The van der Waals surface area contributed by atoms with Crippen molar-refractivity contribution < 1.29 is 4.79 Å². The number of carbonyl (C=O) groups is 1. The number of H-pyrrole nitrogens is 1. The van der Waals surface area contributed by atoms with E-state index in [4.69, 9.17) is 17.1 Å². The third-order valence-electron chi connectivity index (χ3n) is 4.45. The fraction of sp³-hybridized carbons (Fsp3) is 0.100. The van der Waals surface area contributed by atoms with Crippen LogP contribution in [0.25, 0.3) is 21.3 Å². The minimum absolute atomic E-state index is 0.120. The quantitative estimate of drug-likeness (QED) is 0.214. The van der Waals surface area contributed by atoms with Gasteiger partial charge in [0.25, 0.3) is 0 Å². The lowest BCUT2D eigenvalue weighted by Crippen LogP contribution is -2.04. The second kappa shape index (κ2) is 7.60. The summed E-state index contributed by atoms with van der Waals surface area (Å²) in [6.45, 7) is 0.736. The lowest BCUT2D eigenvalue weighted by atomic mass is 10.1. The van der Waals surface area contributed by atoms with Crippen molar-refractivity contribution in [1.29, 1.82) is 0 Å². The van der Waals surface area contributed by atoms with E-state index in [1.54, 1.807) is 0 Å². The largest absolute Gasteiger partial charge is 0.342 e. The fourth-order valence-corrected chi connectivity index (χ4v) is 3.26. The molecule has 0 bridgehead atoms. The van der Waals surface area contributed by atoms with Crippen molar-refractivity contribution in [3.63, 3.8) is 0 Å². The number of para-hydroxylation sites is 1. The first-order chi connectivity index (χ1) is 13.7. The van der Waals surface area contributed by atoms with Gasteiger partial charge in [-0.15, -0.1) is 0 Å². The van der Waals surface area contributed by atoms with Crippen LogP contribution in [0.1, 0.15) is 27.4 Å². The van der Waals surface area contributed by atoms with Crippen molar-refractivity contribution in [2.75, 3.05) is 0 Å². The van der Waals surface area contributed by atoms with Gasteiger partial charge in [-0.1, -0.05) is 47.0 Å². The van der Waals surface area contributed by atoms with Gasteiger partial charge >= 0.3 is 0 Å². The van der Waals surface area contributed by atoms with Gasteiger partial charge in [-0.2, -0.15) is 0 Å². The number of rotatable bonds is 6. The van der Waals surface area contributed by atoms with Crippen LogP contribution in [-0.2, 0) is 13.1 Å². The summed E-state index contributed by atoms with van der Waals surface area (Å²) in [5.41, 5.74) is 11.6. The number of nitrogens with zero attached hydrogens (tertiary/aromatic N) is 5. The zero-order chi connectivity index (χ0) is 19.5. The number of ketones is 1. The van der Waals surface area contributed by atoms with Gasteiger partial charge in [0.2, 0.25) is 5.78 Å². The average Bonchev–Trinajstić information content (AvgIpc) is 3.33. The zero-order valence-corrected chi connectivity index (χ0v) is 15.5. The minimum atomic E-state index is -0.210. The van der Waals surface area contributed by atoms with Gasteiger partial charge in [0.1, 0.15) is 0 Å². The summed E-state index contributed by atoms with van der Waals surface area (Å²) >= 11 is 5.97. The molecular weight excluding hydrogens is 376 g/mol. The number of hydrogen-bond acceptors (Lipinski definition) is 3. The summed E-state index contributed by atoms with van der Waals surface area (Å²) in [7, 11) is 0. The Morgan fingerprint density at radius 3 is 2.79 bits per heavy atom. The molecule has 0 saturated heterocycles. The maximum Gasteiger partial charge on any atom is 0.230 e. The van der Waals surface area contributed by atoms with E-state index in [1.807, 2.05) is 59.3 Å². The van der Waals surface area contributed by atoms with Gasteiger partial charge in [0.05, 0.1) is 12.1 Å². The second-order valence-corrected chi connectivity index (χ2v) is 6.73. The number of benzene rings is 2. The molecule has 0 amide bonds. The molecule has 28 heavy (non-hydrogen) atoms. The van der Waals surface area contributed by atoms with Crippen LogP contribution >= 0.6 is 11.6 Å². The van der Waals surface area contributed by atoms with Gasteiger partial charge in [-0.05, 0) is 29.3 Å². The van der Waals surface area contributed by atoms with Crippen LogP contribution in [0.5, 0.6) is 0 Å². The second-order valence-electron chi connectivity index (χ2n) is 6.29. The molecule has 8 heteroatoms. The predicted octanol–water partition coefficient (Wildman–Crippen LogP) is 5.11. The molecule has 2 aromatic carbocycles. The van der Waals surface area contributed by atoms with Crippen LogP contribution in [0.4, 0.5) is 0 Å². The first-order valence-electron chi connectivity index (χ1n) is 8.57.